The van der Waals surface area contributed by atoms with E-state index in [0.717, 1.165) is 43.2 Å². The van der Waals surface area contributed by atoms with Gasteiger partial charge in [0.2, 0.25) is 5.91 Å². The highest BCUT2D eigenvalue weighted by Crippen LogP contribution is 2.38. The maximum atomic E-state index is 16.7. The molecule has 1 N–H and O–H groups in total. The van der Waals surface area contributed by atoms with Crippen LogP contribution in [-0.2, 0) is 9.53 Å². The molecule has 3 aliphatic rings. The number of nitrogens with zero attached hydrogens (tertiary/aromatic N) is 8. The molecule has 3 aromatic heterocycles. The number of amides is 1. The molecular formula is C34H33ClF2N8O4. The number of aromatic nitrogens is 4. The molecule has 254 valence electrons. The highest BCUT2D eigenvalue weighted by molar-refractivity contribution is 6.36. The predicted octanol–water partition coefficient (Wildman–Crippen LogP) is 4.05. The Bertz CT molecular complexity index is 1970. The number of benzene rings is 1. The van der Waals surface area contributed by atoms with Crippen LogP contribution in [0.5, 0.6) is 6.01 Å². The lowest BCUT2D eigenvalue weighted by molar-refractivity contribution is -0.155. The van der Waals surface area contributed by atoms with E-state index in [1.54, 1.807) is 23.2 Å². The summed E-state index contributed by atoms with van der Waals surface area (Å²) in [6.07, 6.45) is 8.21. The summed E-state index contributed by atoms with van der Waals surface area (Å²) < 4.78 is 41.2. The fourth-order valence-electron chi connectivity index (χ4n) is 6.98. The number of ether oxygens (including phenoxy) is 2. The highest BCUT2D eigenvalue weighted by Gasteiger charge is 2.43. The van der Waals surface area contributed by atoms with Gasteiger partial charge in [0.25, 0.3) is 0 Å². The van der Waals surface area contributed by atoms with Gasteiger partial charge in [0.05, 0.1) is 43.7 Å². The van der Waals surface area contributed by atoms with E-state index in [0.29, 0.717) is 33.8 Å². The summed E-state index contributed by atoms with van der Waals surface area (Å²) in [5, 5.41) is 23.1. The van der Waals surface area contributed by atoms with E-state index in [2.05, 4.69) is 24.8 Å². The number of piperazine rings is 1. The van der Waals surface area contributed by atoms with Gasteiger partial charge in [-0.1, -0.05) is 23.7 Å². The summed E-state index contributed by atoms with van der Waals surface area (Å²) in [5.74, 6) is -1.17. The van der Waals surface area contributed by atoms with Crippen molar-refractivity contribution in [2.24, 2.45) is 0 Å². The van der Waals surface area contributed by atoms with Gasteiger partial charge in [0.1, 0.15) is 23.7 Å². The molecule has 2 bridgehead atoms. The molecule has 4 aromatic rings. The normalized spacial score (nSPS) is 22.4. The Hall–Kier alpha value is -4.55. The molecule has 3 aliphatic heterocycles. The second-order valence-corrected chi connectivity index (χ2v) is 12.8. The van der Waals surface area contributed by atoms with E-state index in [1.807, 2.05) is 12.1 Å². The minimum absolute atomic E-state index is 0.0170. The van der Waals surface area contributed by atoms with Gasteiger partial charge in [-0.25, -0.2) is 8.78 Å². The van der Waals surface area contributed by atoms with Crippen LogP contribution in [0.4, 0.5) is 14.6 Å². The maximum Gasteiger partial charge on any atom is 0.319 e. The molecule has 0 spiro atoms. The van der Waals surface area contributed by atoms with Crippen LogP contribution < -0.4 is 9.64 Å². The third-order valence-corrected chi connectivity index (χ3v) is 9.60. The molecule has 0 unspecified atom stereocenters. The van der Waals surface area contributed by atoms with Crippen molar-refractivity contribution in [3.05, 3.63) is 59.8 Å². The first-order chi connectivity index (χ1) is 23.8. The highest BCUT2D eigenvalue weighted by atomic mass is 35.5. The summed E-state index contributed by atoms with van der Waals surface area (Å²) in [4.78, 5) is 35.9. The summed E-state index contributed by atoms with van der Waals surface area (Å²) in [5.41, 5.74) is -1.65. The van der Waals surface area contributed by atoms with Crippen LogP contribution in [0.1, 0.15) is 19.3 Å². The van der Waals surface area contributed by atoms with Crippen molar-refractivity contribution in [3.63, 3.8) is 0 Å². The van der Waals surface area contributed by atoms with Gasteiger partial charge in [0, 0.05) is 78.2 Å². The van der Waals surface area contributed by atoms with E-state index >= 15 is 4.39 Å². The number of halogens is 3. The molecule has 3 saturated heterocycles. The number of hydrogen-bond acceptors (Lipinski definition) is 11. The number of fused-ring (bicyclic) bond motifs is 4. The maximum absolute atomic E-state index is 16.7. The number of carbonyl (C=O) groups excluding carboxylic acids is 1. The van der Waals surface area contributed by atoms with Crippen molar-refractivity contribution in [1.82, 2.24) is 29.7 Å². The van der Waals surface area contributed by atoms with Crippen LogP contribution >= 0.6 is 11.6 Å². The van der Waals surface area contributed by atoms with Gasteiger partial charge in [0.15, 0.2) is 11.5 Å². The second-order valence-electron chi connectivity index (χ2n) is 12.4. The quantitative estimate of drug-likeness (QED) is 0.190. The summed E-state index contributed by atoms with van der Waals surface area (Å²) in [6, 6.07) is 7.58. The first-order valence-electron chi connectivity index (χ1n) is 16.1. The second kappa shape index (κ2) is 13.8. The molecule has 12 nitrogen and oxygen atoms in total. The number of nitriles is 1. The number of hydrogen-bond donors (Lipinski definition) is 1. The molecule has 7 rings (SSSR count). The predicted molar refractivity (Wildman–Crippen MR) is 177 cm³/mol. The molecule has 15 heteroatoms. The van der Waals surface area contributed by atoms with Crippen LogP contribution in [0.2, 0.25) is 5.02 Å². The zero-order chi connectivity index (χ0) is 34.1. The number of likely N-dealkylation sites (tertiary alicyclic amines) is 1. The van der Waals surface area contributed by atoms with Crippen LogP contribution in [-0.4, -0.2) is 111 Å². The Morgan fingerprint density at radius 2 is 2.14 bits per heavy atom. The molecule has 0 saturated carbocycles. The molecular weight excluding hydrogens is 658 g/mol. The standard InChI is InChI=1S/C34H33ClF2N8O4/c35-26-5-1-4-21-15-39-16-24(28(21)26)30-29(37)31-25(17-40-30)32(42-33(41-31)48-13-3-10-43-18-23-14-22(43)19-49-23)44-11-12-45(27(46)6-2-8-36)34(47,20-44)7-9-38/h1-2,4-6,15-17,22-23,47H,3,7-8,10-14,18-20H2/b6-2+/t22-,23-,34-/m0/s1. The van der Waals surface area contributed by atoms with Crippen LogP contribution in [0, 0.1) is 17.1 Å². The first-order valence-corrected chi connectivity index (χ1v) is 16.4. The van der Waals surface area contributed by atoms with Crippen molar-refractivity contribution in [2.75, 3.05) is 57.5 Å². The van der Waals surface area contributed by atoms with Crippen LogP contribution in [0.25, 0.3) is 32.9 Å². The molecule has 1 amide bonds. The average Bonchev–Trinajstić information content (AvgIpc) is 3.73. The number of anilines is 1. The monoisotopic (exact) mass is 690 g/mol. The number of β-amino-alcohol motifs (C(OH)–C–C–N with tert-alkyl or cyclic N) is 1. The Kier molecular flexibility index (Phi) is 9.25. The third-order valence-electron chi connectivity index (χ3n) is 9.28. The zero-order valence-corrected chi connectivity index (χ0v) is 27.2. The number of aliphatic hydroxyl groups is 1. The van der Waals surface area contributed by atoms with E-state index in [4.69, 9.17) is 21.1 Å². The van der Waals surface area contributed by atoms with Gasteiger partial charge in [-0.2, -0.15) is 15.2 Å². The van der Waals surface area contributed by atoms with Crippen molar-refractivity contribution >= 4 is 45.0 Å². The number of carbonyl (C=O) groups is 1. The fraction of sp³-hybridized carbons (Fsp3) is 0.412. The first kappa shape index (κ1) is 33.0. The Morgan fingerprint density at radius 1 is 1.27 bits per heavy atom. The topological polar surface area (TPSA) is 141 Å². The SMILES string of the molecule is N#CC[C@]1(O)CN(c2nc(OCCCN3C[C@@H]4C[C@H]3CO4)nc3c(F)c(-c4cncc5cccc(Cl)c45)ncc23)CCN1C(=O)/C=C/CF. The number of allylic oxidation sites excluding steroid dienone is 1. The molecule has 6 heterocycles. The van der Waals surface area contributed by atoms with Gasteiger partial charge >= 0.3 is 6.01 Å². The number of morpholine rings is 1. The third kappa shape index (κ3) is 6.35. The molecule has 0 radical (unpaired) electrons. The van der Waals surface area contributed by atoms with Crippen molar-refractivity contribution in [3.8, 4) is 23.3 Å². The lowest BCUT2D eigenvalue weighted by atomic mass is 10.0. The molecule has 1 aromatic carbocycles. The van der Waals surface area contributed by atoms with Gasteiger partial charge in [-0.3, -0.25) is 19.7 Å². The number of rotatable bonds is 10. The van der Waals surface area contributed by atoms with Gasteiger partial charge in [-0.15, -0.1) is 0 Å². The Balaban J connectivity index is 1.25. The molecule has 3 fully saturated rings. The van der Waals surface area contributed by atoms with Crippen molar-refractivity contribution in [1.29, 1.82) is 5.26 Å². The summed E-state index contributed by atoms with van der Waals surface area (Å²) in [6.45, 7) is 1.73. The molecule has 0 aliphatic carbocycles. The van der Waals surface area contributed by atoms with Gasteiger partial charge in [-0.05, 0) is 25.0 Å². The minimum atomic E-state index is -1.95. The largest absolute Gasteiger partial charge is 0.463 e. The molecule has 49 heavy (non-hydrogen) atoms. The van der Waals surface area contributed by atoms with Crippen molar-refractivity contribution < 1.29 is 28.2 Å². The van der Waals surface area contributed by atoms with E-state index in [9.17, 15) is 19.6 Å². The van der Waals surface area contributed by atoms with Gasteiger partial charge < -0.3 is 24.4 Å². The molecule has 3 atom stereocenters. The summed E-state index contributed by atoms with van der Waals surface area (Å²) in [7, 11) is 0. The smallest absolute Gasteiger partial charge is 0.319 e. The van der Waals surface area contributed by atoms with Crippen LogP contribution in [0.15, 0.2) is 48.9 Å². The summed E-state index contributed by atoms with van der Waals surface area (Å²) >= 11 is 6.55. The lowest BCUT2D eigenvalue weighted by Crippen LogP contribution is -2.64. The fourth-order valence-corrected chi connectivity index (χ4v) is 7.26. The van der Waals surface area contributed by atoms with E-state index < -0.39 is 30.5 Å². The number of alkyl halides is 1. The number of pyridine rings is 2. The van der Waals surface area contributed by atoms with E-state index in [1.165, 1.54) is 12.4 Å². The lowest BCUT2D eigenvalue weighted by Gasteiger charge is -2.46. The average molecular weight is 691 g/mol. The van der Waals surface area contributed by atoms with Crippen LogP contribution in [0.3, 0.4) is 0 Å². The minimum Gasteiger partial charge on any atom is -0.463 e. The van der Waals surface area contributed by atoms with Crippen molar-refractivity contribution in [2.45, 2.75) is 37.1 Å². The van der Waals surface area contributed by atoms with E-state index in [-0.39, 0.29) is 60.8 Å². The Labute approximate surface area is 285 Å². The Morgan fingerprint density at radius 3 is 2.92 bits per heavy atom. The zero-order valence-electron chi connectivity index (χ0n) is 26.4.